The third-order valence-corrected chi connectivity index (χ3v) is 2.66. The first kappa shape index (κ1) is 11.7. The SMILES string of the molecule is C[C](C)c1ccccc1OCc1ccccc1. The quantitative estimate of drug-likeness (QED) is 0.756. The van der Waals surface area contributed by atoms with Crippen molar-refractivity contribution in [2.75, 3.05) is 0 Å². The van der Waals surface area contributed by atoms with Crippen LogP contribution in [0.4, 0.5) is 0 Å². The molecule has 0 N–H and O–H groups in total. The smallest absolute Gasteiger partial charge is 0.123 e. The fourth-order valence-corrected chi connectivity index (χ4v) is 1.74. The normalized spacial score (nSPS) is 10.5. The van der Waals surface area contributed by atoms with Crippen molar-refractivity contribution in [3.8, 4) is 5.75 Å². The molecule has 87 valence electrons. The molecule has 2 aromatic rings. The Hall–Kier alpha value is -1.76. The molecule has 0 fully saturated rings. The van der Waals surface area contributed by atoms with Gasteiger partial charge in [-0.15, -0.1) is 0 Å². The summed E-state index contributed by atoms with van der Waals surface area (Å²) in [5.41, 5.74) is 2.37. The monoisotopic (exact) mass is 225 g/mol. The second kappa shape index (κ2) is 5.53. The lowest BCUT2D eigenvalue weighted by Gasteiger charge is -2.13. The molecule has 0 amide bonds. The molecule has 1 heteroatoms. The Kier molecular flexibility index (Phi) is 3.81. The van der Waals surface area contributed by atoms with Gasteiger partial charge in [0.05, 0.1) is 0 Å². The largest absolute Gasteiger partial charge is 0.489 e. The summed E-state index contributed by atoms with van der Waals surface area (Å²) >= 11 is 0. The topological polar surface area (TPSA) is 9.23 Å². The van der Waals surface area contributed by atoms with Gasteiger partial charge in [0.2, 0.25) is 0 Å². The van der Waals surface area contributed by atoms with Gasteiger partial charge in [0.1, 0.15) is 12.4 Å². The van der Waals surface area contributed by atoms with Crippen LogP contribution in [0.5, 0.6) is 5.75 Å². The van der Waals surface area contributed by atoms with Crippen LogP contribution >= 0.6 is 0 Å². The van der Waals surface area contributed by atoms with Crippen LogP contribution in [0.2, 0.25) is 0 Å². The number of ether oxygens (including phenoxy) is 1. The van der Waals surface area contributed by atoms with E-state index in [9.17, 15) is 0 Å². The lowest BCUT2D eigenvalue weighted by molar-refractivity contribution is 0.304. The van der Waals surface area contributed by atoms with Crippen LogP contribution in [0.15, 0.2) is 54.6 Å². The Morgan fingerprint density at radius 2 is 1.53 bits per heavy atom. The lowest BCUT2D eigenvalue weighted by Crippen LogP contribution is -1.99. The van der Waals surface area contributed by atoms with Crippen molar-refractivity contribution in [3.63, 3.8) is 0 Å². The number of benzene rings is 2. The van der Waals surface area contributed by atoms with Crippen molar-refractivity contribution in [3.05, 3.63) is 71.6 Å². The summed E-state index contributed by atoms with van der Waals surface area (Å²) < 4.78 is 5.86. The molecule has 0 aliphatic heterocycles. The highest BCUT2D eigenvalue weighted by Gasteiger charge is 2.06. The summed E-state index contributed by atoms with van der Waals surface area (Å²) in [5, 5.41) is 0. The molecular formula is C16H17O. The molecule has 1 nitrogen and oxygen atoms in total. The molecular weight excluding hydrogens is 208 g/mol. The van der Waals surface area contributed by atoms with E-state index in [2.05, 4.69) is 32.0 Å². The molecule has 0 aromatic heterocycles. The Balaban J connectivity index is 2.09. The highest BCUT2D eigenvalue weighted by molar-refractivity contribution is 5.41. The first-order chi connectivity index (χ1) is 8.27. The Bertz CT molecular complexity index is 460. The van der Waals surface area contributed by atoms with Crippen LogP contribution in [-0.2, 0) is 6.61 Å². The molecule has 2 rings (SSSR count). The van der Waals surface area contributed by atoms with E-state index in [1.807, 2.05) is 36.4 Å². The highest BCUT2D eigenvalue weighted by Crippen LogP contribution is 2.25. The third kappa shape index (κ3) is 3.10. The first-order valence-corrected chi connectivity index (χ1v) is 5.83. The van der Waals surface area contributed by atoms with Crippen LogP contribution in [0.25, 0.3) is 0 Å². The van der Waals surface area contributed by atoms with Crippen molar-refractivity contribution < 1.29 is 4.74 Å². The number of rotatable bonds is 4. The standard InChI is InChI=1S/C16H17O/c1-13(2)15-10-6-7-11-16(15)17-12-14-8-4-3-5-9-14/h3-11H,12H2,1-2H3. The van der Waals surface area contributed by atoms with Gasteiger partial charge in [-0.1, -0.05) is 62.4 Å². The fraction of sp³-hybridized carbons (Fsp3) is 0.188. The summed E-state index contributed by atoms with van der Waals surface area (Å²) in [4.78, 5) is 0. The second-order valence-corrected chi connectivity index (χ2v) is 4.27. The molecule has 0 heterocycles. The van der Waals surface area contributed by atoms with Gasteiger partial charge in [0, 0.05) is 11.5 Å². The third-order valence-electron chi connectivity index (χ3n) is 2.66. The van der Waals surface area contributed by atoms with Gasteiger partial charge < -0.3 is 4.74 Å². The zero-order valence-corrected chi connectivity index (χ0v) is 10.3. The van der Waals surface area contributed by atoms with E-state index in [0.29, 0.717) is 6.61 Å². The van der Waals surface area contributed by atoms with E-state index >= 15 is 0 Å². The molecule has 0 spiro atoms. The summed E-state index contributed by atoms with van der Waals surface area (Å²) in [6.07, 6.45) is 0. The predicted octanol–water partition coefficient (Wildman–Crippen LogP) is 4.23. The Labute approximate surface area is 103 Å². The van der Waals surface area contributed by atoms with Crippen LogP contribution in [0.3, 0.4) is 0 Å². The second-order valence-electron chi connectivity index (χ2n) is 4.27. The van der Waals surface area contributed by atoms with Gasteiger partial charge in [-0.05, 0) is 11.6 Å². The van der Waals surface area contributed by atoms with Gasteiger partial charge in [-0.2, -0.15) is 0 Å². The minimum absolute atomic E-state index is 0.616. The van der Waals surface area contributed by atoms with Crippen LogP contribution < -0.4 is 4.74 Å². The van der Waals surface area contributed by atoms with Crippen LogP contribution in [-0.4, -0.2) is 0 Å². The molecule has 0 atom stereocenters. The minimum atomic E-state index is 0.616. The van der Waals surface area contributed by atoms with E-state index in [4.69, 9.17) is 4.74 Å². The van der Waals surface area contributed by atoms with Gasteiger partial charge in [0.15, 0.2) is 0 Å². The molecule has 2 aromatic carbocycles. The summed E-state index contributed by atoms with van der Waals surface area (Å²) in [5.74, 6) is 2.23. The maximum absolute atomic E-state index is 5.86. The van der Waals surface area contributed by atoms with E-state index in [1.165, 1.54) is 17.0 Å². The molecule has 1 radical (unpaired) electrons. The van der Waals surface area contributed by atoms with Crippen molar-refractivity contribution in [1.82, 2.24) is 0 Å². The summed E-state index contributed by atoms with van der Waals surface area (Å²) in [7, 11) is 0. The fourth-order valence-electron chi connectivity index (χ4n) is 1.74. The molecule has 0 aliphatic carbocycles. The molecule has 0 bridgehead atoms. The van der Waals surface area contributed by atoms with Gasteiger partial charge in [-0.25, -0.2) is 0 Å². The van der Waals surface area contributed by atoms with Crippen molar-refractivity contribution in [1.29, 1.82) is 0 Å². The van der Waals surface area contributed by atoms with E-state index < -0.39 is 0 Å². The molecule has 0 unspecified atom stereocenters. The van der Waals surface area contributed by atoms with Crippen LogP contribution in [0, 0.1) is 5.92 Å². The lowest BCUT2D eigenvalue weighted by atomic mass is 10.0. The van der Waals surface area contributed by atoms with Crippen molar-refractivity contribution in [2.45, 2.75) is 20.5 Å². The number of para-hydroxylation sites is 1. The zero-order chi connectivity index (χ0) is 12.1. The minimum Gasteiger partial charge on any atom is -0.489 e. The van der Waals surface area contributed by atoms with Crippen LogP contribution in [0.1, 0.15) is 25.0 Å². The van der Waals surface area contributed by atoms with Crippen molar-refractivity contribution in [2.24, 2.45) is 0 Å². The predicted molar refractivity (Wildman–Crippen MR) is 70.9 cm³/mol. The first-order valence-electron chi connectivity index (χ1n) is 5.83. The molecule has 0 saturated carbocycles. The van der Waals surface area contributed by atoms with Gasteiger partial charge in [-0.3, -0.25) is 0 Å². The van der Waals surface area contributed by atoms with E-state index in [1.54, 1.807) is 0 Å². The highest BCUT2D eigenvalue weighted by atomic mass is 16.5. The zero-order valence-electron chi connectivity index (χ0n) is 10.3. The van der Waals surface area contributed by atoms with Gasteiger partial charge >= 0.3 is 0 Å². The molecule has 17 heavy (non-hydrogen) atoms. The maximum atomic E-state index is 5.86. The van der Waals surface area contributed by atoms with E-state index in [0.717, 1.165) is 5.75 Å². The summed E-state index contributed by atoms with van der Waals surface area (Å²) in [6.45, 7) is 4.82. The number of hydrogen-bond acceptors (Lipinski definition) is 1. The maximum Gasteiger partial charge on any atom is 0.123 e. The number of hydrogen-bond donors (Lipinski definition) is 0. The van der Waals surface area contributed by atoms with E-state index in [-0.39, 0.29) is 0 Å². The van der Waals surface area contributed by atoms with Crippen molar-refractivity contribution >= 4 is 0 Å². The Morgan fingerprint density at radius 1 is 0.882 bits per heavy atom. The average molecular weight is 225 g/mol. The Morgan fingerprint density at radius 3 is 2.24 bits per heavy atom. The average Bonchev–Trinajstić information content (AvgIpc) is 2.38. The summed E-state index contributed by atoms with van der Waals surface area (Å²) in [6, 6.07) is 18.4. The molecule has 0 saturated heterocycles. The molecule has 0 aliphatic rings. The van der Waals surface area contributed by atoms with Gasteiger partial charge in [0.25, 0.3) is 0 Å².